The molecule has 0 bridgehead atoms. The molecule has 0 aliphatic heterocycles. The van der Waals surface area contributed by atoms with Crippen LogP contribution in [0.4, 0.5) is 0 Å². The summed E-state index contributed by atoms with van der Waals surface area (Å²) in [4.78, 5) is 4.91. The van der Waals surface area contributed by atoms with Crippen molar-refractivity contribution in [2.24, 2.45) is 0 Å². The second-order valence-corrected chi connectivity index (χ2v) is 28.8. The fraction of sp³-hybridized carbons (Fsp3) is 0.0526. The maximum atomic E-state index is 8.16. The number of hydrogen-bond acceptors (Lipinski definition) is 4. The summed E-state index contributed by atoms with van der Waals surface area (Å²) in [5.41, 5.74) is 6.22. The van der Waals surface area contributed by atoms with Crippen LogP contribution in [0.1, 0.15) is 26.3 Å². The van der Waals surface area contributed by atoms with Crippen molar-refractivity contribution in [3.8, 4) is 40.2 Å². The van der Waals surface area contributed by atoms with Crippen molar-refractivity contribution in [2.45, 2.75) is 26.2 Å². The van der Waals surface area contributed by atoms with E-state index in [-0.39, 0.29) is 26.5 Å². The van der Waals surface area contributed by atoms with Gasteiger partial charge in [-0.05, 0) is 83.5 Å². The van der Waals surface area contributed by atoms with Crippen molar-refractivity contribution in [3.05, 3.63) is 321 Å². The van der Waals surface area contributed by atoms with E-state index in [2.05, 4.69) is 315 Å². The Morgan fingerprint density at radius 2 is 0.884 bits per heavy atom. The van der Waals surface area contributed by atoms with Crippen LogP contribution in [-0.2, 0) is 26.5 Å². The van der Waals surface area contributed by atoms with Crippen molar-refractivity contribution in [3.63, 3.8) is 0 Å². The van der Waals surface area contributed by atoms with E-state index in [1.807, 2.05) is 35.0 Å². The predicted octanol–water partition coefficient (Wildman–Crippen LogP) is 13.0. The molecule has 0 saturated carbocycles. The topological polar surface area (TPSA) is 54.3 Å². The van der Waals surface area contributed by atoms with E-state index in [9.17, 15) is 0 Å². The van der Waals surface area contributed by atoms with E-state index in [0.717, 1.165) is 75.5 Å². The molecule has 0 aliphatic rings. The number of hydrogen-bond donors (Lipinski definition) is 0. The smallest absolute Gasteiger partial charge is 0.346 e. The van der Waals surface area contributed by atoms with Gasteiger partial charge in [0, 0.05) is 44.3 Å². The van der Waals surface area contributed by atoms with Crippen molar-refractivity contribution in [1.29, 1.82) is 0 Å². The SMILES string of the molecule is CC(C)(C)c1ccnc(-n2c3[c-]c(Oc4[c-]c(-n5[c-][n+](-c6c(O[Si](c7ccccc7)(c7ccccc7)c7ccccc7)cccc6O[Si](c6ccccc6)(c6ccccc6)c6ccccc6)c6ccccc65)ccc4)ccc3c3ccccc32)c1.[Pt]. The van der Waals surface area contributed by atoms with E-state index >= 15 is 0 Å². The molecule has 0 fully saturated rings. The summed E-state index contributed by atoms with van der Waals surface area (Å²) in [6.45, 7) is 6.67. The molecule has 3 aromatic heterocycles. The fourth-order valence-corrected chi connectivity index (χ4v) is 19.6. The maximum Gasteiger partial charge on any atom is 0.346 e. The molecule has 11 aromatic carbocycles. The van der Waals surface area contributed by atoms with Crippen LogP contribution in [0.15, 0.2) is 297 Å². The van der Waals surface area contributed by atoms with Crippen LogP contribution in [0.5, 0.6) is 23.0 Å². The molecule has 0 saturated heterocycles. The van der Waals surface area contributed by atoms with Gasteiger partial charge < -0.3 is 22.7 Å². The molecule has 14 rings (SSSR count). The van der Waals surface area contributed by atoms with Crippen LogP contribution in [-0.4, -0.2) is 30.8 Å². The number of imidazole rings is 1. The zero-order valence-electron chi connectivity index (χ0n) is 47.6. The number of aromatic nitrogens is 4. The number of fused-ring (bicyclic) bond motifs is 4. The van der Waals surface area contributed by atoms with Gasteiger partial charge in [-0.25, -0.2) is 4.98 Å². The first kappa shape index (κ1) is 55.5. The minimum atomic E-state index is -3.44. The van der Waals surface area contributed by atoms with Gasteiger partial charge >= 0.3 is 16.6 Å². The average molecular weight is 1330 g/mol. The van der Waals surface area contributed by atoms with Gasteiger partial charge in [0.05, 0.1) is 11.0 Å². The molecule has 7 nitrogen and oxygen atoms in total. The second kappa shape index (κ2) is 23.4. The zero-order chi connectivity index (χ0) is 57.4. The molecule has 0 amide bonds. The summed E-state index contributed by atoms with van der Waals surface area (Å²) in [5, 5.41) is 8.74. The minimum absolute atomic E-state index is 0. The van der Waals surface area contributed by atoms with E-state index < -0.39 is 16.6 Å². The maximum absolute atomic E-state index is 8.16. The largest absolute Gasteiger partial charge is 0.533 e. The predicted molar refractivity (Wildman–Crippen MR) is 348 cm³/mol. The van der Waals surface area contributed by atoms with Crippen molar-refractivity contribution in [1.82, 2.24) is 14.1 Å². The number of benzene rings is 11. The van der Waals surface area contributed by atoms with E-state index in [4.69, 9.17) is 18.6 Å². The van der Waals surface area contributed by atoms with E-state index in [1.54, 1.807) is 0 Å². The van der Waals surface area contributed by atoms with Crippen LogP contribution in [0, 0.1) is 18.5 Å². The zero-order valence-corrected chi connectivity index (χ0v) is 51.9. The second-order valence-electron chi connectivity index (χ2n) is 22.2. The van der Waals surface area contributed by atoms with Gasteiger partial charge in [0.25, 0.3) is 6.33 Å². The summed E-state index contributed by atoms with van der Waals surface area (Å²) < 4.78 is 29.5. The van der Waals surface area contributed by atoms with Gasteiger partial charge in [-0.1, -0.05) is 257 Å². The number of nitrogens with zero attached hydrogens (tertiary/aromatic N) is 4. The molecule has 0 spiro atoms. The molecule has 0 radical (unpaired) electrons. The molecule has 420 valence electrons. The monoisotopic (exact) mass is 1330 g/mol. The standard InChI is InChI=1S/C76H58N4O3Si2.Pt/c1-76(2,3)56-50-51-77-74(52-56)80-68-43-23-22-42-66(68)67-49-48-59(54-71(67)80)81-58-29-26-28-57(53-58)78-55-79(70-45-25-24-44-69(70)78)75-72(82-84(60-30-10-4-11-31-60,61-32-12-5-13-33-61)62-34-14-6-15-35-62)46-27-47-73(75)83-85(63-36-16-7-17-37-63,64-38-18-8-19-39-64)65-40-20-9-21-41-65;/h4-52H,1-3H3;/q-2;. The normalized spacial score (nSPS) is 11.8. The fourth-order valence-electron chi connectivity index (χ4n) is 11.9. The van der Waals surface area contributed by atoms with Crippen LogP contribution in [0.2, 0.25) is 0 Å². The molecule has 10 heteroatoms. The third-order valence-corrected chi connectivity index (χ3v) is 23.9. The molecule has 3 heterocycles. The molecular weight excluding hydrogens is 1270 g/mol. The molecule has 0 atom stereocenters. The third kappa shape index (κ3) is 10.1. The summed E-state index contributed by atoms with van der Waals surface area (Å²) in [6, 6.07) is 109. The average Bonchev–Trinajstić information content (AvgIpc) is 1.69. The summed E-state index contributed by atoms with van der Waals surface area (Å²) in [7, 11) is -6.88. The molecule has 0 N–H and O–H groups in total. The Labute approximate surface area is 518 Å². The first-order valence-electron chi connectivity index (χ1n) is 28.7. The minimum Gasteiger partial charge on any atom is -0.533 e. The first-order valence-corrected chi connectivity index (χ1v) is 32.5. The van der Waals surface area contributed by atoms with Crippen LogP contribution < -0.4 is 49.3 Å². The molecule has 0 unspecified atom stereocenters. The Kier molecular flexibility index (Phi) is 15.1. The van der Waals surface area contributed by atoms with Gasteiger partial charge in [0.15, 0.2) is 0 Å². The Hall–Kier alpha value is -9.64. The molecular formula is C76H58N4O3PtSi2-2. The molecule has 0 aliphatic carbocycles. The van der Waals surface area contributed by atoms with Gasteiger partial charge in [-0.3, -0.25) is 4.57 Å². The Morgan fingerprint density at radius 3 is 1.40 bits per heavy atom. The summed E-state index contributed by atoms with van der Waals surface area (Å²) in [5.74, 6) is 3.15. The Balaban J connectivity index is 0.00000686. The van der Waals surface area contributed by atoms with Gasteiger partial charge in [0.1, 0.15) is 23.0 Å². The van der Waals surface area contributed by atoms with Crippen LogP contribution in [0.3, 0.4) is 0 Å². The molecule has 86 heavy (non-hydrogen) atoms. The third-order valence-electron chi connectivity index (χ3n) is 16.0. The quantitative estimate of drug-likeness (QED) is 0.0444. The Morgan fingerprint density at radius 1 is 0.430 bits per heavy atom. The van der Waals surface area contributed by atoms with E-state index in [0.29, 0.717) is 28.7 Å². The van der Waals surface area contributed by atoms with Crippen LogP contribution >= 0.6 is 0 Å². The number of rotatable bonds is 15. The summed E-state index contributed by atoms with van der Waals surface area (Å²) >= 11 is 0. The van der Waals surface area contributed by atoms with E-state index in [1.165, 1.54) is 5.56 Å². The van der Waals surface area contributed by atoms with Crippen molar-refractivity contribution in [2.75, 3.05) is 0 Å². The summed E-state index contributed by atoms with van der Waals surface area (Å²) in [6.07, 6.45) is 5.78. The Bertz CT molecular complexity index is 4330. The molecule has 14 aromatic rings. The van der Waals surface area contributed by atoms with Crippen molar-refractivity contribution < 1.29 is 39.2 Å². The van der Waals surface area contributed by atoms with Gasteiger partial charge in [-0.2, -0.15) is 18.2 Å². The van der Waals surface area contributed by atoms with Gasteiger partial charge in [0.2, 0.25) is 0 Å². The number of ether oxygens (including phenoxy) is 1. The van der Waals surface area contributed by atoms with Crippen LogP contribution in [0.25, 0.3) is 50.0 Å². The van der Waals surface area contributed by atoms with Crippen molar-refractivity contribution >= 4 is 80.6 Å². The number of para-hydroxylation sites is 4. The van der Waals surface area contributed by atoms with Gasteiger partial charge in [-0.15, -0.1) is 29.7 Å². The first-order chi connectivity index (χ1) is 41.8. The number of pyridine rings is 1.